The zero-order chi connectivity index (χ0) is 27.0. The van der Waals surface area contributed by atoms with Gasteiger partial charge in [-0.05, 0) is 50.7 Å². The molecule has 2 aromatic heterocycles. The van der Waals surface area contributed by atoms with Crippen molar-refractivity contribution in [2.24, 2.45) is 11.7 Å². The van der Waals surface area contributed by atoms with Gasteiger partial charge >= 0.3 is 0 Å². The maximum absolute atomic E-state index is 11.8. The predicted molar refractivity (Wildman–Crippen MR) is 148 cm³/mol. The molecule has 2 aliphatic rings. The van der Waals surface area contributed by atoms with Crippen molar-refractivity contribution in [1.29, 1.82) is 0 Å². The first-order chi connectivity index (χ1) is 18.1. The van der Waals surface area contributed by atoms with E-state index in [9.17, 15) is 13.2 Å². The summed E-state index contributed by atoms with van der Waals surface area (Å²) in [5.41, 5.74) is 7.35. The monoisotopic (exact) mass is 580 g/mol. The van der Waals surface area contributed by atoms with Crippen LogP contribution in [0, 0.1) is 5.92 Å². The van der Waals surface area contributed by atoms with Crippen molar-refractivity contribution < 1.29 is 13.2 Å². The smallest absolute Gasteiger partial charge is 0.224 e. The number of fused-ring (bicyclic) bond motifs is 1. The number of carbonyl (C=O) groups is 1. The highest BCUT2D eigenvalue weighted by molar-refractivity contribution is 7.88. The summed E-state index contributed by atoms with van der Waals surface area (Å²) in [7, 11) is -3.20. The highest BCUT2D eigenvalue weighted by Crippen LogP contribution is 2.39. The molecule has 1 amide bonds. The lowest BCUT2D eigenvalue weighted by atomic mass is 9.85. The number of nitrogens with one attached hydrogen (secondary N) is 2. The lowest BCUT2D eigenvalue weighted by molar-refractivity contribution is -0.122. The first-order valence-electron chi connectivity index (χ1n) is 12.6. The fraction of sp³-hybridized carbons (Fsp3) is 0.500. The number of benzene rings is 1. The molecule has 4 N–H and O–H groups in total. The van der Waals surface area contributed by atoms with Gasteiger partial charge in [-0.2, -0.15) is 4.98 Å². The van der Waals surface area contributed by atoms with Crippen molar-refractivity contribution in [3.05, 3.63) is 34.4 Å². The molecular formula is C24H30Cl2N8O3S. The Bertz CT molecular complexity index is 1430. The van der Waals surface area contributed by atoms with E-state index < -0.39 is 10.0 Å². The second-order valence-electron chi connectivity index (χ2n) is 9.92. The van der Waals surface area contributed by atoms with Crippen molar-refractivity contribution in [2.75, 3.05) is 30.0 Å². The molecule has 0 radical (unpaired) electrons. The number of aromatic nitrogens is 4. The molecule has 0 bridgehead atoms. The van der Waals surface area contributed by atoms with Crippen LogP contribution in [0.4, 0.5) is 17.6 Å². The van der Waals surface area contributed by atoms with Crippen LogP contribution in [0.2, 0.25) is 10.0 Å². The van der Waals surface area contributed by atoms with E-state index >= 15 is 0 Å². The highest BCUT2D eigenvalue weighted by atomic mass is 35.5. The number of anilines is 3. The molecule has 1 aromatic carbocycles. The van der Waals surface area contributed by atoms with Crippen LogP contribution in [0.5, 0.6) is 0 Å². The third-order valence-corrected chi connectivity index (χ3v) is 9.29. The number of primary amides is 1. The molecule has 14 heteroatoms. The number of para-hydroxylation sites is 1. The van der Waals surface area contributed by atoms with Crippen molar-refractivity contribution in [1.82, 2.24) is 23.8 Å². The number of imidazole rings is 1. The lowest BCUT2D eigenvalue weighted by Crippen LogP contribution is -2.42. The molecule has 0 atom stereocenters. The van der Waals surface area contributed by atoms with E-state index in [2.05, 4.69) is 15.6 Å². The number of sulfonamides is 1. The number of amides is 1. The average molecular weight is 582 g/mol. The van der Waals surface area contributed by atoms with Gasteiger partial charge < -0.3 is 16.4 Å². The SMILES string of the molecule is CS(=O)(=O)N1CCC(Nc2ncc3nc(Nc4c(Cl)cccc4Cl)n([C@H]4CC[C@H](C(N)=O)CC4)c3n2)CC1. The zero-order valence-electron chi connectivity index (χ0n) is 20.9. The summed E-state index contributed by atoms with van der Waals surface area (Å²) in [6.45, 7) is 0.902. The van der Waals surface area contributed by atoms with E-state index in [1.165, 1.54) is 10.6 Å². The molecule has 1 saturated carbocycles. The lowest BCUT2D eigenvalue weighted by Gasteiger charge is -2.30. The molecule has 2 fully saturated rings. The van der Waals surface area contributed by atoms with Crippen molar-refractivity contribution >= 4 is 67.9 Å². The Balaban J connectivity index is 1.45. The molecule has 204 valence electrons. The Morgan fingerprint density at radius 3 is 2.32 bits per heavy atom. The highest BCUT2D eigenvalue weighted by Gasteiger charge is 2.30. The van der Waals surface area contributed by atoms with E-state index in [4.69, 9.17) is 38.9 Å². The number of nitrogens with zero attached hydrogens (tertiary/aromatic N) is 5. The van der Waals surface area contributed by atoms with E-state index in [1.807, 2.05) is 4.57 Å². The van der Waals surface area contributed by atoms with Gasteiger partial charge in [-0.1, -0.05) is 29.3 Å². The minimum Gasteiger partial charge on any atom is -0.369 e. The first kappa shape index (κ1) is 26.9. The number of piperidine rings is 1. The molecule has 5 rings (SSSR count). The van der Waals surface area contributed by atoms with E-state index in [0.717, 1.165) is 12.8 Å². The van der Waals surface area contributed by atoms with Crippen LogP contribution in [-0.2, 0) is 14.8 Å². The minimum absolute atomic E-state index is 0.0279. The van der Waals surface area contributed by atoms with Crippen LogP contribution in [-0.4, -0.2) is 63.5 Å². The molecule has 0 spiro atoms. The van der Waals surface area contributed by atoms with Crippen LogP contribution in [0.15, 0.2) is 24.4 Å². The van der Waals surface area contributed by atoms with E-state index in [1.54, 1.807) is 24.4 Å². The number of rotatable bonds is 7. The summed E-state index contributed by atoms with van der Waals surface area (Å²) in [6, 6.07) is 5.34. The fourth-order valence-electron chi connectivity index (χ4n) is 5.26. The molecule has 0 unspecified atom stereocenters. The maximum Gasteiger partial charge on any atom is 0.224 e. The molecule has 11 nitrogen and oxygen atoms in total. The van der Waals surface area contributed by atoms with E-state index in [0.29, 0.717) is 77.6 Å². The molecule has 38 heavy (non-hydrogen) atoms. The Morgan fingerprint density at radius 1 is 1.05 bits per heavy atom. The van der Waals surface area contributed by atoms with Gasteiger partial charge in [0.05, 0.1) is 28.2 Å². The molecular weight excluding hydrogens is 551 g/mol. The van der Waals surface area contributed by atoms with E-state index in [-0.39, 0.29) is 23.9 Å². The largest absolute Gasteiger partial charge is 0.369 e. The number of hydrogen-bond acceptors (Lipinski definition) is 8. The van der Waals surface area contributed by atoms with Gasteiger partial charge in [-0.25, -0.2) is 22.7 Å². The van der Waals surface area contributed by atoms with Gasteiger partial charge in [0.1, 0.15) is 5.52 Å². The number of halogens is 2. The molecule has 3 heterocycles. The molecule has 1 aliphatic heterocycles. The number of hydrogen-bond donors (Lipinski definition) is 3. The second kappa shape index (κ2) is 10.8. The normalized spacial score (nSPS) is 21.4. The quantitative estimate of drug-likeness (QED) is 0.380. The summed E-state index contributed by atoms with van der Waals surface area (Å²) in [6.07, 6.45) is 7.05. The first-order valence-corrected chi connectivity index (χ1v) is 15.2. The summed E-state index contributed by atoms with van der Waals surface area (Å²) >= 11 is 12.9. The third kappa shape index (κ3) is 5.68. The molecule has 1 saturated heterocycles. The Morgan fingerprint density at radius 2 is 1.71 bits per heavy atom. The van der Waals surface area contributed by atoms with Gasteiger partial charge in [0.2, 0.25) is 27.8 Å². The van der Waals surface area contributed by atoms with Crippen molar-refractivity contribution in [3.63, 3.8) is 0 Å². The standard InChI is InChI=1S/C24H30Cl2N8O3S/c1-38(36,37)33-11-9-15(10-12-33)29-23-28-13-19-22(32-23)34(16-7-5-14(6-8-16)21(27)35)24(30-19)31-20-17(25)3-2-4-18(20)26/h2-4,13-16H,5-12H2,1H3,(H2,27,35)(H,30,31)(H,28,29,32)/t14-,16-. The van der Waals surface area contributed by atoms with Gasteiger partial charge in [0.25, 0.3) is 0 Å². The molecule has 3 aromatic rings. The fourth-order valence-corrected chi connectivity index (χ4v) is 6.62. The molecule has 1 aliphatic carbocycles. The summed E-state index contributed by atoms with van der Waals surface area (Å²) in [5.74, 6) is 0.575. The maximum atomic E-state index is 11.8. The summed E-state index contributed by atoms with van der Waals surface area (Å²) in [4.78, 5) is 25.8. The second-order valence-corrected chi connectivity index (χ2v) is 12.7. The summed E-state index contributed by atoms with van der Waals surface area (Å²) < 4.78 is 27.2. The van der Waals surface area contributed by atoms with Gasteiger partial charge in [-0.15, -0.1) is 0 Å². The minimum atomic E-state index is -3.20. The number of nitrogens with two attached hydrogens (primary N) is 1. The Hall–Kier alpha value is -2.67. The number of carbonyl (C=O) groups excluding carboxylic acids is 1. The predicted octanol–water partition coefficient (Wildman–Crippen LogP) is 3.93. The Kier molecular flexibility index (Phi) is 7.67. The van der Waals surface area contributed by atoms with Crippen LogP contribution >= 0.6 is 23.2 Å². The van der Waals surface area contributed by atoms with Crippen molar-refractivity contribution in [3.8, 4) is 0 Å². The van der Waals surface area contributed by atoms with Crippen LogP contribution in [0.1, 0.15) is 44.6 Å². The Labute approximate surface area is 231 Å². The van der Waals surface area contributed by atoms with Crippen LogP contribution in [0.3, 0.4) is 0 Å². The van der Waals surface area contributed by atoms with Crippen LogP contribution in [0.25, 0.3) is 11.2 Å². The van der Waals surface area contributed by atoms with Crippen molar-refractivity contribution in [2.45, 2.75) is 50.6 Å². The topological polar surface area (TPSA) is 148 Å². The van der Waals surface area contributed by atoms with Crippen LogP contribution < -0.4 is 16.4 Å². The van der Waals surface area contributed by atoms with Gasteiger partial charge in [0, 0.05) is 31.1 Å². The summed E-state index contributed by atoms with van der Waals surface area (Å²) in [5, 5.41) is 7.58. The zero-order valence-corrected chi connectivity index (χ0v) is 23.2. The van der Waals surface area contributed by atoms with Gasteiger partial charge in [0.15, 0.2) is 5.65 Å². The van der Waals surface area contributed by atoms with Gasteiger partial charge in [-0.3, -0.25) is 9.36 Å². The third-order valence-electron chi connectivity index (χ3n) is 7.35. The average Bonchev–Trinajstić information content (AvgIpc) is 3.23.